The van der Waals surface area contributed by atoms with Crippen LogP contribution in [-0.2, 0) is 22.4 Å². The van der Waals surface area contributed by atoms with Crippen LogP contribution in [0.5, 0.6) is 0 Å². The topological polar surface area (TPSA) is 55.4 Å². The van der Waals surface area contributed by atoms with Crippen molar-refractivity contribution in [3.63, 3.8) is 0 Å². The summed E-state index contributed by atoms with van der Waals surface area (Å²) >= 11 is 1.47. The molecule has 2 aromatic rings. The third-order valence-electron chi connectivity index (χ3n) is 4.21. The van der Waals surface area contributed by atoms with Crippen LogP contribution in [0.2, 0.25) is 0 Å². The molecule has 1 aromatic carbocycles. The molecule has 3 rings (SSSR count). The second kappa shape index (κ2) is 7.78. The van der Waals surface area contributed by atoms with E-state index in [4.69, 9.17) is 4.74 Å². The van der Waals surface area contributed by atoms with Gasteiger partial charge in [-0.1, -0.05) is 6.42 Å². The molecule has 6 heteroatoms. The summed E-state index contributed by atoms with van der Waals surface area (Å²) in [7, 11) is 0. The van der Waals surface area contributed by atoms with Gasteiger partial charge < -0.3 is 10.1 Å². The van der Waals surface area contributed by atoms with Crippen molar-refractivity contribution in [2.24, 2.45) is 0 Å². The standard InChI is InChI=1S/C19H20FNO3S/c1-12(18(22)21-15-9-7-14(20)8-10-15)24-19(23)17-11-13-5-3-2-4-6-16(13)25-17/h7-12H,2-6H2,1H3,(H,21,22)/t12-/m1/s1. The molecule has 0 aliphatic heterocycles. The highest BCUT2D eigenvalue weighted by Crippen LogP contribution is 2.29. The van der Waals surface area contributed by atoms with Gasteiger partial charge in [0, 0.05) is 10.6 Å². The van der Waals surface area contributed by atoms with Crippen LogP contribution in [0.4, 0.5) is 10.1 Å². The highest BCUT2D eigenvalue weighted by atomic mass is 32.1. The van der Waals surface area contributed by atoms with E-state index in [9.17, 15) is 14.0 Å². The molecule has 0 spiro atoms. The lowest BCUT2D eigenvalue weighted by Crippen LogP contribution is -2.29. The summed E-state index contributed by atoms with van der Waals surface area (Å²) in [5.41, 5.74) is 1.69. The molecule has 1 heterocycles. The molecule has 1 N–H and O–H groups in total. The number of carbonyl (C=O) groups is 2. The average Bonchev–Trinajstić information content (AvgIpc) is 2.88. The zero-order valence-electron chi connectivity index (χ0n) is 14.0. The Morgan fingerprint density at radius 3 is 2.64 bits per heavy atom. The highest BCUT2D eigenvalue weighted by Gasteiger charge is 2.22. The summed E-state index contributed by atoms with van der Waals surface area (Å²) in [5.74, 6) is -1.30. The zero-order valence-corrected chi connectivity index (χ0v) is 14.8. The molecule has 25 heavy (non-hydrogen) atoms. The lowest BCUT2D eigenvalue weighted by molar-refractivity contribution is -0.123. The van der Waals surface area contributed by atoms with Gasteiger partial charge in [0.05, 0.1) is 0 Å². The third kappa shape index (κ3) is 4.45. The summed E-state index contributed by atoms with van der Waals surface area (Å²) in [6, 6.07) is 7.32. The van der Waals surface area contributed by atoms with E-state index in [2.05, 4.69) is 5.32 Å². The number of ether oxygens (including phenoxy) is 1. The van der Waals surface area contributed by atoms with Gasteiger partial charge in [-0.25, -0.2) is 9.18 Å². The fourth-order valence-electron chi connectivity index (χ4n) is 2.82. The van der Waals surface area contributed by atoms with Gasteiger partial charge in [-0.2, -0.15) is 0 Å². The van der Waals surface area contributed by atoms with E-state index < -0.39 is 18.0 Å². The second-order valence-electron chi connectivity index (χ2n) is 6.16. The van der Waals surface area contributed by atoms with Crippen molar-refractivity contribution >= 4 is 28.9 Å². The van der Waals surface area contributed by atoms with Gasteiger partial charge in [-0.3, -0.25) is 4.79 Å². The molecular weight excluding hydrogens is 341 g/mol. The van der Waals surface area contributed by atoms with Crippen molar-refractivity contribution in [3.05, 3.63) is 51.5 Å². The number of thiophene rings is 1. The molecule has 1 aliphatic carbocycles. The number of halogens is 1. The number of hydrogen-bond donors (Lipinski definition) is 1. The van der Waals surface area contributed by atoms with Gasteiger partial charge >= 0.3 is 5.97 Å². The zero-order chi connectivity index (χ0) is 17.8. The van der Waals surface area contributed by atoms with Gasteiger partial charge in [0.15, 0.2) is 6.10 Å². The molecule has 1 amide bonds. The van der Waals surface area contributed by atoms with E-state index in [0.717, 1.165) is 25.7 Å². The van der Waals surface area contributed by atoms with Gasteiger partial charge in [0.1, 0.15) is 10.7 Å². The number of hydrogen-bond acceptors (Lipinski definition) is 4. The van der Waals surface area contributed by atoms with Crippen molar-refractivity contribution < 1.29 is 18.7 Å². The van der Waals surface area contributed by atoms with Crippen molar-refractivity contribution in [3.8, 4) is 0 Å². The smallest absolute Gasteiger partial charge is 0.349 e. The van der Waals surface area contributed by atoms with Crippen LogP contribution < -0.4 is 5.32 Å². The van der Waals surface area contributed by atoms with Crippen LogP contribution in [0.1, 0.15) is 46.3 Å². The minimum Gasteiger partial charge on any atom is -0.448 e. The summed E-state index contributed by atoms with van der Waals surface area (Å²) < 4.78 is 18.2. The number of nitrogens with one attached hydrogen (secondary N) is 1. The largest absolute Gasteiger partial charge is 0.448 e. The molecule has 0 saturated carbocycles. The Hall–Kier alpha value is -2.21. The molecule has 0 bridgehead atoms. The predicted octanol–water partition coefficient (Wildman–Crippen LogP) is 4.34. The van der Waals surface area contributed by atoms with Crippen molar-refractivity contribution in [1.82, 2.24) is 0 Å². The minimum atomic E-state index is -0.931. The van der Waals surface area contributed by atoms with Crippen molar-refractivity contribution in [2.45, 2.75) is 45.1 Å². The minimum absolute atomic E-state index is 0.380. The molecule has 1 aromatic heterocycles. The Balaban J connectivity index is 1.60. The maximum Gasteiger partial charge on any atom is 0.349 e. The number of anilines is 1. The van der Waals surface area contributed by atoms with Crippen LogP contribution in [0, 0.1) is 5.82 Å². The Morgan fingerprint density at radius 1 is 1.16 bits per heavy atom. The molecule has 0 saturated heterocycles. The maximum absolute atomic E-state index is 12.9. The summed E-state index contributed by atoms with van der Waals surface area (Å²) in [5, 5.41) is 2.60. The van der Waals surface area contributed by atoms with Crippen molar-refractivity contribution in [1.29, 1.82) is 0 Å². The van der Waals surface area contributed by atoms with E-state index in [1.54, 1.807) is 0 Å². The van der Waals surface area contributed by atoms with E-state index in [1.807, 2.05) is 6.07 Å². The lowest BCUT2D eigenvalue weighted by Gasteiger charge is -2.13. The van der Waals surface area contributed by atoms with Crippen LogP contribution in [-0.4, -0.2) is 18.0 Å². The number of fused-ring (bicyclic) bond motifs is 1. The molecular formula is C19H20FNO3S. The Labute approximate surface area is 150 Å². The number of aryl methyl sites for hydroxylation is 2. The van der Waals surface area contributed by atoms with E-state index in [-0.39, 0.29) is 5.82 Å². The number of benzene rings is 1. The second-order valence-corrected chi connectivity index (χ2v) is 7.30. The average molecular weight is 361 g/mol. The third-order valence-corrected chi connectivity index (χ3v) is 5.43. The summed E-state index contributed by atoms with van der Waals surface area (Å²) in [6.45, 7) is 1.52. The molecule has 0 fully saturated rings. The van der Waals surface area contributed by atoms with E-state index in [1.165, 1.54) is 59.4 Å². The first-order chi connectivity index (χ1) is 12.0. The first-order valence-electron chi connectivity index (χ1n) is 8.42. The SMILES string of the molecule is C[C@@H](OC(=O)c1cc2c(s1)CCCCC2)C(=O)Nc1ccc(F)cc1. The van der Waals surface area contributed by atoms with Gasteiger partial charge in [0.2, 0.25) is 0 Å². The quantitative estimate of drug-likeness (QED) is 0.651. The predicted molar refractivity (Wildman–Crippen MR) is 95.5 cm³/mol. The van der Waals surface area contributed by atoms with Crippen LogP contribution in [0.25, 0.3) is 0 Å². The lowest BCUT2D eigenvalue weighted by atomic mass is 10.1. The molecule has 0 unspecified atom stereocenters. The Kier molecular flexibility index (Phi) is 5.48. The fourth-order valence-corrected chi connectivity index (χ4v) is 3.95. The van der Waals surface area contributed by atoms with Crippen LogP contribution in [0.15, 0.2) is 30.3 Å². The molecule has 1 atom stereocenters. The van der Waals surface area contributed by atoms with Gasteiger partial charge in [-0.05, 0) is 68.5 Å². The molecule has 4 nitrogen and oxygen atoms in total. The highest BCUT2D eigenvalue weighted by molar-refractivity contribution is 7.14. The monoisotopic (exact) mass is 361 g/mol. The molecule has 132 valence electrons. The Morgan fingerprint density at radius 2 is 1.88 bits per heavy atom. The summed E-state index contributed by atoms with van der Waals surface area (Å²) in [4.78, 5) is 26.3. The first-order valence-corrected chi connectivity index (χ1v) is 9.23. The van der Waals surface area contributed by atoms with Crippen molar-refractivity contribution in [2.75, 3.05) is 5.32 Å². The number of amides is 1. The first kappa shape index (κ1) is 17.6. The number of carbonyl (C=O) groups excluding carboxylic acids is 2. The molecule has 0 radical (unpaired) electrons. The molecule has 1 aliphatic rings. The number of rotatable bonds is 4. The summed E-state index contributed by atoms with van der Waals surface area (Å²) in [6.07, 6.45) is 4.60. The normalized spacial score (nSPS) is 15.0. The van der Waals surface area contributed by atoms with E-state index >= 15 is 0 Å². The maximum atomic E-state index is 12.9. The number of esters is 1. The van der Waals surface area contributed by atoms with Crippen LogP contribution in [0.3, 0.4) is 0 Å². The fraction of sp³-hybridized carbons (Fsp3) is 0.368. The van der Waals surface area contributed by atoms with E-state index in [0.29, 0.717) is 10.6 Å². The van der Waals surface area contributed by atoms with Gasteiger partial charge in [-0.15, -0.1) is 11.3 Å². The Bertz CT molecular complexity index is 746. The van der Waals surface area contributed by atoms with Crippen LogP contribution >= 0.6 is 11.3 Å². The van der Waals surface area contributed by atoms with Gasteiger partial charge in [0.25, 0.3) is 5.91 Å².